The summed E-state index contributed by atoms with van der Waals surface area (Å²) in [6, 6.07) is 20.0. The minimum Gasteiger partial charge on any atom is -0.367 e. The van der Waals surface area contributed by atoms with Crippen LogP contribution in [0.4, 0.5) is 0 Å². The van der Waals surface area contributed by atoms with Gasteiger partial charge in [0.05, 0.1) is 6.21 Å². The van der Waals surface area contributed by atoms with Gasteiger partial charge in [-0.15, -0.1) is 0 Å². The molecule has 130 valence electrons. The van der Waals surface area contributed by atoms with Crippen LogP contribution >= 0.6 is 0 Å². The van der Waals surface area contributed by atoms with Crippen LogP contribution in [-0.4, -0.2) is 19.2 Å². The molecule has 0 unspecified atom stereocenters. The van der Waals surface area contributed by atoms with Gasteiger partial charge in [0.1, 0.15) is 0 Å². The van der Waals surface area contributed by atoms with Gasteiger partial charge in [-0.2, -0.15) is 5.10 Å². The Morgan fingerprint density at radius 2 is 1.81 bits per heavy atom. The normalized spacial score (nSPS) is 14.0. The Bertz CT molecular complexity index is 970. The number of benzene rings is 3. The summed E-state index contributed by atoms with van der Waals surface area (Å²) in [5, 5.41) is 6.68. The predicted octanol–water partition coefficient (Wildman–Crippen LogP) is 3.78. The highest BCUT2D eigenvalue weighted by molar-refractivity contribution is 6.03. The molecule has 0 heterocycles. The number of nitrogens with zero attached hydrogens (tertiary/aromatic N) is 1. The molecule has 4 nitrogen and oxygen atoms in total. The summed E-state index contributed by atoms with van der Waals surface area (Å²) in [7, 11) is 1.52. The highest BCUT2D eigenvalue weighted by atomic mass is 16.5. The van der Waals surface area contributed by atoms with Gasteiger partial charge in [-0.25, -0.2) is 5.43 Å². The fourth-order valence-corrected chi connectivity index (χ4v) is 3.63. The van der Waals surface area contributed by atoms with Gasteiger partial charge in [0.2, 0.25) is 0 Å². The number of hydrogen-bond donors (Lipinski definition) is 1. The van der Waals surface area contributed by atoms with E-state index in [4.69, 9.17) is 4.74 Å². The Kier molecular flexibility index (Phi) is 4.50. The third kappa shape index (κ3) is 3.00. The molecular weight excluding hydrogens is 324 g/mol. The van der Waals surface area contributed by atoms with Gasteiger partial charge in [-0.3, -0.25) is 4.79 Å². The summed E-state index contributed by atoms with van der Waals surface area (Å²) in [4.78, 5) is 12.4. The van der Waals surface area contributed by atoms with Gasteiger partial charge < -0.3 is 4.74 Å². The van der Waals surface area contributed by atoms with Crippen LogP contribution < -0.4 is 5.43 Å². The van der Waals surface area contributed by atoms with E-state index in [1.54, 1.807) is 6.21 Å². The lowest BCUT2D eigenvalue weighted by molar-refractivity contribution is -0.131. The standard InChI is InChI=1S/C22H20N2O2/c1-26-21(17-6-3-2-4-7-17)22(25)24-23-14-18-13-12-16-11-10-15-8-5-9-19(18)20(15)16/h2-9,12-14,21H,10-11H2,1H3,(H,24,25)/b23-14-/t21-/m0/s1. The summed E-state index contributed by atoms with van der Waals surface area (Å²) in [5.74, 6) is -0.291. The highest BCUT2D eigenvalue weighted by Gasteiger charge is 2.19. The first-order valence-electron chi connectivity index (χ1n) is 8.72. The molecule has 26 heavy (non-hydrogen) atoms. The van der Waals surface area contributed by atoms with Crippen molar-refractivity contribution in [2.24, 2.45) is 5.10 Å². The molecule has 0 spiro atoms. The lowest BCUT2D eigenvalue weighted by Gasteiger charge is -2.13. The predicted molar refractivity (Wildman–Crippen MR) is 103 cm³/mol. The second kappa shape index (κ2) is 7.10. The molecule has 0 fully saturated rings. The maximum Gasteiger partial charge on any atom is 0.273 e. The van der Waals surface area contributed by atoms with Crippen LogP contribution in [0.1, 0.15) is 28.4 Å². The van der Waals surface area contributed by atoms with E-state index < -0.39 is 6.10 Å². The molecule has 0 saturated carbocycles. The van der Waals surface area contributed by atoms with Crippen LogP contribution in [0.3, 0.4) is 0 Å². The topological polar surface area (TPSA) is 50.7 Å². The Balaban J connectivity index is 1.54. The lowest BCUT2D eigenvalue weighted by Crippen LogP contribution is -2.26. The average molecular weight is 344 g/mol. The third-order valence-electron chi connectivity index (χ3n) is 4.87. The van der Waals surface area contributed by atoms with Crippen molar-refractivity contribution in [1.82, 2.24) is 5.43 Å². The first-order valence-corrected chi connectivity index (χ1v) is 8.72. The molecule has 0 aliphatic heterocycles. The van der Waals surface area contributed by atoms with Crippen LogP contribution in [0.2, 0.25) is 0 Å². The number of carbonyl (C=O) groups is 1. The number of rotatable bonds is 5. The molecule has 1 aliphatic rings. The number of aryl methyl sites for hydroxylation is 2. The summed E-state index contributed by atoms with van der Waals surface area (Å²) in [6.07, 6.45) is 3.21. The lowest BCUT2D eigenvalue weighted by atomic mass is 10.0. The number of hydrazone groups is 1. The van der Waals surface area contributed by atoms with Gasteiger partial charge in [0.25, 0.3) is 5.91 Å². The van der Waals surface area contributed by atoms with Gasteiger partial charge in [-0.05, 0) is 40.3 Å². The Morgan fingerprint density at radius 1 is 1.04 bits per heavy atom. The van der Waals surface area contributed by atoms with Crippen LogP contribution in [-0.2, 0) is 22.4 Å². The largest absolute Gasteiger partial charge is 0.367 e. The summed E-state index contributed by atoms with van der Waals surface area (Å²) >= 11 is 0. The van der Waals surface area contributed by atoms with Crippen molar-refractivity contribution in [2.75, 3.05) is 7.11 Å². The zero-order valence-corrected chi connectivity index (χ0v) is 14.6. The third-order valence-corrected chi connectivity index (χ3v) is 4.87. The molecular formula is C22H20N2O2. The van der Waals surface area contributed by atoms with E-state index in [0.29, 0.717) is 0 Å². The maximum atomic E-state index is 12.4. The molecule has 0 saturated heterocycles. The summed E-state index contributed by atoms with van der Waals surface area (Å²) in [6.45, 7) is 0. The van der Waals surface area contributed by atoms with Crippen LogP contribution in [0.25, 0.3) is 10.8 Å². The van der Waals surface area contributed by atoms with Crippen LogP contribution in [0, 0.1) is 0 Å². The summed E-state index contributed by atoms with van der Waals surface area (Å²) in [5.41, 5.74) is 7.17. The average Bonchev–Trinajstić information content (AvgIpc) is 3.10. The molecule has 1 aliphatic carbocycles. The monoisotopic (exact) mass is 344 g/mol. The van der Waals surface area contributed by atoms with Crippen LogP contribution in [0.15, 0.2) is 65.8 Å². The maximum absolute atomic E-state index is 12.4. The van der Waals surface area contributed by atoms with E-state index in [2.05, 4.69) is 40.9 Å². The number of hydrogen-bond acceptors (Lipinski definition) is 3. The first-order chi connectivity index (χ1) is 12.8. The molecule has 1 atom stereocenters. The number of amides is 1. The second-order valence-corrected chi connectivity index (χ2v) is 6.41. The molecule has 4 rings (SSSR count). The zero-order valence-electron chi connectivity index (χ0n) is 14.6. The van der Waals surface area contributed by atoms with E-state index in [0.717, 1.165) is 24.0 Å². The molecule has 1 N–H and O–H groups in total. The van der Waals surface area contributed by atoms with Gasteiger partial charge in [0, 0.05) is 12.7 Å². The molecule has 4 heteroatoms. The number of methoxy groups -OCH3 is 1. The van der Waals surface area contributed by atoms with Crippen molar-refractivity contribution < 1.29 is 9.53 Å². The second-order valence-electron chi connectivity index (χ2n) is 6.41. The van der Waals surface area contributed by atoms with Crippen molar-refractivity contribution in [3.63, 3.8) is 0 Å². The van der Waals surface area contributed by atoms with E-state index in [-0.39, 0.29) is 5.91 Å². The van der Waals surface area contributed by atoms with Crippen molar-refractivity contribution in [3.8, 4) is 0 Å². The Morgan fingerprint density at radius 3 is 2.58 bits per heavy atom. The first kappa shape index (κ1) is 16.5. The number of ether oxygens (including phenoxy) is 1. The van der Waals surface area contributed by atoms with Gasteiger partial charge in [0.15, 0.2) is 6.10 Å². The molecule has 0 radical (unpaired) electrons. The fraction of sp³-hybridized carbons (Fsp3) is 0.182. The minimum absolute atomic E-state index is 0.291. The molecule has 1 amide bonds. The fourth-order valence-electron chi connectivity index (χ4n) is 3.63. The van der Waals surface area contributed by atoms with Crippen LogP contribution in [0.5, 0.6) is 0 Å². The van der Waals surface area contributed by atoms with Crippen molar-refractivity contribution >= 4 is 22.9 Å². The molecule has 3 aromatic carbocycles. The molecule has 0 aromatic heterocycles. The van der Waals surface area contributed by atoms with E-state index in [1.807, 2.05) is 30.3 Å². The number of carbonyl (C=O) groups excluding carboxylic acids is 1. The quantitative estimate of drug-likeness (QED) is 0.566. The highest BCUT2D eigenvalue weighted by Crippen LogP contribution is 2.32. The smallest absolute Gasteiger partial charge is 0.273 e. The Hall–Kier alpha value is -2.98. The summed E-state index contributed by atoms with van der Waals surface area (Å²) < 4.78 is 5.32. The zero-order chi connectivity index (χ0) is 17.9. The minimum atomic E-state index is -0.679. The Labute approximate surface area is 152 Å². The SMILES string of the molecule is CO[C@H](C(=O)N/N=C\c1ccc2c3c(cccc13)CC2)c1ccccc1. The molecule has 3 aromatic rings. The van der Waals surface area contributed by atoms with Crippen molar-refractivity contribution in [2.45, 2.75) is 18.9 Å². The van der Waals surface area contributed by atoms with E-state index >= 15 is 0 Å². The van der Waals surface area contributed by atoms with E-state index in [9.17, 15) is 4.79 Å². The molecule has 0 bridgehead atoms. The van der Waals surface area contributed by atoms with Crippen molar-refractivity contribution in [1.29, 1.82) is 0 Å². The van der Waals surface area contributed by atoms with Gasteiger partial charge in [-0.1, -0.05) is 60.7 Å². The van der Waals surface area contributed by atoms with Gasteiger partial charge >= 0.3 is 0 Å². The number of nitrogens with one attached hydrogen (secondary N) is 1. The van der Waals surface area contributed by atoms with E-state index in [1.165, 1.54) is 29.0 Å². The van der Waals surface area contributed by atoms with Crippen molar-refractivity contribution in [3.05, 3.63) is 82.9 Å².